The Bertz CT molecular complexity index is 1310. The molecule has 1 aliphatic carbocycles. The summed E-state index contributed by atoms with van der Waals surface area (Å²) in [6, 6.07) is 13.0. The van der Waals surface area contributed by atoms with Gasteiger partial charge in [0.05, 0.1) is 18.9 Å². The third-order valence-electron chi connectivity index (χ3n) is 5.93. The van der Waals surface area contributed by atoms with Crippen LogP contribution in [0.5, 0.6) is 0 Å². The average Bonchev–Trinajstić information content (AvgIpc) is 3.26. The van der Waals surface area contributed by atoms with Crippen molar-refractivity contribution in [3.8, 4) is 0 Å². The minimum absolute atomic E-state index is 0.0294. The Morgan fingerprint density at radius 2 is 2.00 bits per heavy atom. The maximum atomic E-state index is 15.0. The summed E-state index contributed by atoms with van der Waals surface area (Å²) in [6.45, 7) is 4.36. The van der Waals surface area contributed by atoms with Gasteiger partial charge in [-0.1, -0.05) is 29.8 Å². The Balaban J connectivity index is 1.27. The Kier molecular flexibility index (Phi) is 6.54. The van der Waals surface area contributed by atoms with Crippen molar-refractivity contribution in [1.82, 2.24) is 14.9 Å². The van der Waals surface area contributed by atoms with Crippen LogP contribution in [0.25, 0.3) is 12.2 Å². The monoisotopic (exact) mass is 471 g/mol. The summed E-state index contributed by atoms with van der Waals surface area (Å²) in [5, 5.41) is 6.23. The van der Waals surface area contributed by atoms with E-state index in [0.717, 1.165) is 28.8 Å². The van der Waals surface area contributed by atoms with E-state index in [1.807, 2.05) is 43.3 Å². The number of rotatable bonds is 6. The number of benzene rings is 2. The highest BCUT2D eigenvalue weighted by Gasteiger charge is 2.17. The third-order valence-corrected chi connectivity index (χ3v) is 5.93. The normalized spacial score (nSPS) is 15.1. The number of carbonyl (C=O) groups excluding carboxylic acids is 1. The van der Waals surface area contributed by atoms with Crippen molar-refractivity contribution < 1.29 is 13.9 Å². The first-order valence-electron chi connectivity index (χ1n) is 11.6. The molecule has 35 heavy (non-hydrogen) atoms. The summed E-state index contributed by atoms with van der Waals surface area (Å²) >= 11 is 0. The van der Waals surface area contributed by atoms with Crippen LogP contribution in [0.3, 0.4) is 0 Å². The molecule has 8 heteroatoms. The fourth-order valence-corrected chi connectivity index (χ4v) is 4.17. The van der Waals surface area contributed by atoms with Gasteiger partial charge in [-0.3, -0.25) is 4.79 Å². The first-order chi connectivity index (χ1) is 17.0. The van der Waals surface area contributed by atoms with Gasteiger partial charge in [-0.2, -0.15) is 4.98 Å². The molecule has 0 saturated carbocycles. The van der Waals surface area contributed by atoms with E-state index in [-0.39, 0.29) is 11.7 Å². The summed E-state index contributed by atoms with van der Waals surface area (Å²) in [7, 11) is 0. The largest absolute Gasteiger partial charge is 0.378 e. The smallest absolute Gasteiger partial charge is 0.246 e. The highest BCUT2D eigenvalue weighted by Crippen LogP contribution is 2.32. The number of halogens is 1. The number of carbonyl (C=O) groups is 1. The second-order valence-corrected chi connectivity index (χ2v) is 8.58. The van der Waals surface area contributed by atoms with Crippen molar-refractivity contribution in [2.75, 3.05) is 36.9 Å². The Labute approximate surface area is 203 Å². The molecule has 1 amide bonds. The maximum absolute atomic E-state index is 15.0. The predicted molar refractivity (Wildman–Crippen MR) is 135 cm³/mol. The molecular weight excluding hydrogens is 445 g/mol. The Hall–Kier alpha value is -4.04. The molecular formula is C27H26FN5O2. The van der Waals surface area contributed by atoms with Crippen LogP contribution in [0.15, 0.2) is 60.3 Å². The number of fused-ring (bicyclic) bond motifs is 1. The van der Waals surface area contributed by atoms with Gasteiger partial charge >= 0.3 is 0 Å². The fourth-order valence-electron chi connectivity index (χ4n) is 4.17. The molecule has 1 aliphatic heterocycles. The van der Waals surface area contributed by atoms with Gasteiger partial charge in [-0.15, -0.1) is 0 Å². The number of anilines is 4. The van der Waals surface area contributed by atoms with Crippen molar-refractivity contribution in [3.05, 3.63) is 82.8 Å². The molecule has 2 heterocycles. The molecule has 178 valence electrons. The predicted octanol–water partition coefficient (Wildman–Crippen LogP) is 4.93. The van der Waals surface area contributed by atoms with Crippen LogP contribution in [0.1, 0.15) is 23.6 Å². The number of allylic oxidation sites excluding steroid dienone is 1. The molecule has 0 spiro atoms. The lowest BCUT2D eigenvalue weighted by Crippen LogP contribution is -2.39. The minimum Gasteiger partial charge on any atom is -0.378 e. The van der Waals surface area contributed by atoms with Crippen LogP contribution in [0.4, 0.5) is 27.5 Å². The van der Waals surface area contributed by atoms with Gasteiger partial charge < -0.3 is 20.3 Å². The molecule has 2 N–H and O–H groups in total. The van der Waals surface area contributed by atoms with E-state index >= 15 is 0 Å². The summed E-state index contributed by atoms with van der Waals surface area (Å²) in [5.74, 6) is 0.543. The van der Waals surface area contributed by atoms with E-state index < -0.39 is 0 Å². The third kappa shape index (κ3) is 5.38. The zero-order valence-electron chi connectivity index (χ0n) is 19.4. The summed E-state index contributed by atoms with van der Waals surface area (Å²) in [4.78, 5) is 22.9. The van der Waals surface area contributed by atoms with Gasteiger partial charge in [0.2, 0.25) is 11.9 Å². The second kappa shape index (κ2) is 10.1. The zero-order chi connectivity index (χ0) is 24.2. The van der Waals surface area contributed by atoms with Gasteiger partial charge in [0.25, 0.3) is 0 Å². The molecule has 7 nitrogen and oxygen atoms in total. The van der Waals surface area contributed by atoms with Crippen LogP contribution in [-0.2, 0) is 16.0 Å². The minimum atomic E-state index is -0.279. The second-order valence-electron chi connectivity index (χ2n) is 8.58. The topological polar surface area (TPSA) is 79.4 Å². The molecule has 3 aromatic rings. The fraction of sp³-hybridized carbons (Fsp3) is 0.222. The molecule has 2 aromatic carbocycles. The Morgan fingerprint density at radius 3 is 2.86 bits per heavy atom. The lowest BCUT2D eigenvalue weighted by atomic mass is 10.1. The molecule has 5 rings (SSSR count). The molecule has 1 aromatic heterocycles. The van der Waals surface area contributed by atoms with E-state index in [9.17, 15) is 9.18 Å². The molecule has 2 aliphatic rings. The Morgan fingerprint density at radius 1 is 1.14 bits per heavy atom. The van der Waals surface area contributed by atoms with Gasteiger partial charge in [0, 0.05) is 36.6 Å². The molecule has 0 atom stereocenters. The maximum Gasteiger partial charge on any atom is 0.246 e. The van der Waals surface area contributed by atoms with Crippen molar-refractivity contribution in [3.63, 3.8) is 0 Å². The number of ether oxygens (including phenoxy) is 1. The van der Waals surface area contributed by atoms with Crippen molar-refractivity contribution in [2.24, 2.45) is 0 Å². The lowest BCUT2D eigenvalue weighted by molar-refractivity contribution is -0.129. The molecule has 0 unspecified atom stereocenters. The number of hydrogen-bond donors (Lipinski definition) is 2. The van der Waals surface area contributed by atoms with Crippen LogP contribution in [0, 0.1) is 5.82 Å². The first-order valence-corrected chi connectivity index (χ1v) is 11.6. The van der Waals surface area contributed by atoms with E-state index in [1.165, 1.54) is 0 Å². The van der Waals surface area contributed by atoms with Crippen molar-refractivity contribution >= 4 is 41.2 Å². The summed E-state index contributed by atoms with van der Waals surface area (Å²) in [5.41, 5.74) is 4.79. The van der Waals surface area contributed by atoms with Crippen LogP contribution >= 0.6 is 0 Å². The number of hydrogen-bond acceptors (Lipinski definition) is 6. The lowest BCUT2D eigenvalue weighted by Gasteiger charge is -2.25. The number of nitrogens with zero attached hydrogens (tertiary/aromatic N) is 3. The van der Waals surface area contributed by atoms with Gasteiger partial charge in [0.1, 0.15) is 5.82 Å². The van der Waals surface area contributed by atoms with E-state index in [0.29, 0.717) is 49.3 Å². The van der Waals surface area contributed by atoms with Crippen LogP contribution in [0.2, 0.25) is 0 Å². The zero-order valence-corrected chi connectivity index (χ0v) is 19.4. The summed E-state index contributed by atoms with van der Waals surface area (Å²) in [6.07, 6.45) is 7.64. The molecule has 1 saturated heterocycles. The average molecular weight is 472 g/mol. The number of aromatic nitrogens is 2. The van der Waals surface area contributed by atoms with E-state index in [1.54, 1.807) is 35.4 Å². The first kappa shape index (κ1) is 22.7. The van der Waals surface area contributed by atoms with E-state index in [2.05, 4.69) is 20.6 Å². The van der Waals surface area contributed by atoms with Crippen molar-refractivity contribution in [2.45, 2.75) is 13.3 Å². The molecule has 0 radical (unpaired) electrons. The number of nitrogens with one attached hydrogen (secondary N) is 2. The van der Waals surface area contributed by atoms with Gasteiger partial charge in [-0.25, -0.2) is 9.37 Å². The molecule has 0 bridgehead atoms. The van der Waals surface area contributed by atoms with Gasteiger partial charge in [0.15, 0.2) is 5.82 Å². The van der Waals surface area contributed by atoms with E-state index in [4.69, 9.17) is 4.74 Å². The highest BCUT2D eigenvalue weighted by atomic mass is 19.1. The van der Waals surface area contributed by atoms with Crippen LogP contribution < -0.4 is 10.6 Å². The van der Waals surface area contributed by atoms with Gasteiger partial charge in [-0.05, 0) is 54.8 Å². The number of amides is 1. The standard InChI is InChI=1S/C27H26FN5O2/c1-18-15-20-6-7-23(26(28)22(20)16-18)31-24-9-10-29-27(32-24)30-21-4-2-3-19(17-21)5-8-25(34)33-11-13-35-14-12-33/h2-10,16-17H,11-15H2,1H3,(H2,29,30,31,32)/b8-5+. The quantitative estimate of drug-likeness (QED) is 0.496. The molecule has 1 fully saturated rings. The highest BCUT2D eigenvalue weighted by molar-refractivity contribution is 5.92. The SMILES string of the molecule is CC1=Cc2c(ccc(Nc3ccnc(Nc4cccc(/C=C/C(=O)N5CCOCC5)c4)n3)c2F)C1. The number of morpholine rings is 1. The van der Waals surface area contributed by atoms with Crippen molar-refractivity contribution in [1.29, 1.82) is 0 Å². The van der Waals surface area contributed by atoms with Crippen LogP contribution in [-0.4, -0.2) is 47.1 Å². The summed E-state index contributed by atoms with van der Waals surface area (Å²) < 4.78 is 20.3.